The van der Waals surface area contributed by atoms with E-state index in [-0.39, 0.29) is 5.97 Å². The van der Waals surface area contributed by atoms with Crippen LogP contribution in [0.15, 0.2) is 0 Å². The highest BCUT2D eigenvalue weighted by atomic mass is 16.5. The van der Waals surface area contributed by atoms with Crippen LogP contribution >= 0.6 is 0 Å². The number of rotatable bonds is 7. The van der Waals surface area contributed by atoms with E-state index < -0.39 is 5.54 Å². The molecule has 1 heterocycles. The second-order valence-corrected chi connectivity index (χ2v) is 5.36. The number of likely N-dealkylation sites (tertiary alicyclic amines) is 1. The maximum atomic E-state index is 11.7. The van der Waals surface area contributed by atoms with Gasteiger partial charge in [0.25, 0.3) is 0 Å². The number of carbonyl (C=O) groups excluding carboxylic acids is 1. The molecule has 0 aromatic rings. The fourth-order valence-corrected chi connectivity index (χ4v) is 2.41. The second-order valence-electron chi connectivity index (χ2n) is 5.36. The van der Waals surface area contributed by atoms with Gasteiger partial charge < -0.3 is 19.9 Å². The zero-order valence-electron chi connectivity index (χ0n) is 12.2. The lowest BCUT2D eigenvalue weighted by molar-refractivity contribution is -0.148. The van der Waals surface area contributed by atoms with Gasteiger partial charge in [0.2, 0.25) is 0 Å². The Morgan fingerprint density at radius 3 is 2.56 bits per heavy atom. The van der Waals surface area contributed by atoms with Crippen molar-refractivity contribution < 1.29 is 9.53 Å². The summed E-state index contributed by atoms with van der Waals surface area (Å²) >= 11 is 0. The molecule has 1 fully saturated rings. The summed E-state index contributed by atoms with van der Waals surface area (Å²) in [5.74, 6) is -0.210. The molecule has 0 bridgehead atoms. The molecule has 1 rings (SSSR count). The molecule has 1 aliphatic rings. The van der Waals surface area contributed by atoms with Crippen molar-refractivity contribution in [3.05, 3.63) is 0 Å². The summed E-state index contributed by atoms with van der Waals surface area (Å²) in [5, 5.41) is 3.06. The molecule has 0 aromatic carbocycles. The molecule has 1 atom stereocenters. The average molecular weight is 257 g/mol. The standard InChI is InChI=1S/C13H27N3O2/c1-13(14-2,12(17)18-4)11-15(3)9-10-16-7-5-6-8-16/h14H,5-11H2,1-4H3. The van der Waals surface area contributed by atoms with Crippen molar-refractivity contribution in [1.82, 2.24) is 15.1 Å². The van der Waals surface area contributed by atoms with E-state index in [1.807, 2.05) is 6.92 Å². The summed E-state index contributed by atoms with van der Waals surface area (Å²) in [6, 6.07) is 0. The first-order chi connectivity index (χ1) is 8.51. The average Bonchev–Trinajstić information content (AvgIpc) is 2.88. The maximum Gasteiger partial charge on any atom is 0.327 e. The normalized spacial score (nSPS) is 20.1. The van der Waals surface area contributed by atoms with E-state index in [9.17, 15) is 4.79 Å². The number of nitrogens with one attached hydrogen (secondary N) is 1. The van der Waals surface area contributed by atoms with Gasteiger partial charge in [0, 0.05) is 19.6 Å². The summed E-state index contributed by atoms with van der Waals surface area (Å²) in [7, 11) is 5.28. The van der Waals surface area contributed by atoms with Crippen LogP contribution in [0.5, 0.6) is 0 Å². The largest absolute Gasteiger partial charge is 0.468 e. The number of ether oxygens (including phenoxy) is 1. The minimum atomic E-state index is -0.630. The van der Waals surface area contributed by atoms with Crippen molar-refractivity contribution in [3.63, 3.8) is 0 Å². The Morgan fingerprint density at radius 2 is 2.06 bits per heavy atom. The molecule has 5 nitrogen and oxygen atoms in total. The summed E-state index contributed by atoms with van der Waals surface area (Å²) in [5.41, 5.74) is -0.630. The van der Waals surface area contributed by atoms with Gasteiger partial charge in [-0.1, -0.05) is 0 Å². The van der Waals surface area contributed by atoms with Gasteiger partial charge in [-0.05, 0) is 47.0 Å². The van der Waals surface area contributed by atoms with Gasteiger partial charge in [-0.3, -0.25) is 4.79 Å². The van der Waals surface area contributed by atoms with E-state index in [2.05, 4.69) is 22.2 Å². The fourth-order valence-electron chi connectivity index (χ4n) is 2.41. The number of likely N-dealkylation sites (N-methyl/N-ethyl adjacent to an activating group) is 2. The molecule has 5 heteroatoms. The molecule has 18 heavy (non-hydrogen) atoms. The lowest BCUT2D eigenvalue weighted by Crippen LogP contribution is -2.56. The van der Waals surface area contributed by atoms with Gasteiger partial charge >= 0.3 is 5.97 Å². The molecule has 0 saturated carbocycles. The van der Waals surface area contributed by atoms with Crippen LogP contribution in [0, 0.1) is 0 Å². The predicted octanol–water partition coefficient (Wildman–Crippen LogP) is 0.165. The lowest BCUT2D eigenvalue weighted by atomic mass is 10.0. The molecule has 1 aliphatic heterocycles. The van der Waals surface area contributed by atoms with Crippen LogP contribution in [0.3, 0.4) is 0 Å². The summed E-state index contributed by atoms with van der Waals surface area (Å²) in [6.45, 7) is 7.03. The highest BCUT2D eigenvalue weighted by molar-refractivity contribution is 5.80. The van der Waals surface area contributed by atoms with Crippen LogP contribution in [0.4, 0.5) is 0 Å². The molecule has 1 N–H and O–H groups in total. The minimum absolute atomic E-state index is 0.210. The lowest BCUT2D eigenvalue weighted by Gasteiger charge is -2.31. The number of nitrogens with zero attached hydrogens (tertiary/aromatic N) is 2. The number of esters is 1. The number of carbonyl (C=O) groups is 1. The monoisotopic (exact) mass is 257 g/mol. The first-order valence-electron chi connectivity index (χ1n) is 6.70. The maximum absolute atomic E-state index is 11.7. The van der Waals surface area contributed by atoms with Gasteiger partial charge in [-0.2, -0.15) is 0 Å². The highest BCUT2D eigenvalue weighted by Gasteiger charge is 2.33. The van der Waals surface area contributed by atoms with E-state index in [1.54, 1.807) is 7.05 Å². The second kappa shape index (κ2) is 7.07. The SMILES string of the molecule is CNC(C)(CN(C)CCN1CCCC1)C(=O)OC. The molecule has 0 amide bonds. The minimum Gasteiger partial charge on any atom is -0.468 e. The van der Waals surface area contributed by atoms with Crippen molar-refractivity contribution in [3.8, 4) is 0 Å². The third-order valence-corrected chi connectivity index (χ3v) is 3.77. The summed E-state index contributed by atoms with van der Waals surface area (Å²) < 4.78 is 4.85. The Balaban J connectivity index is 2.36. The summed E-state index contributed by atoms with van der Waals surface area (Å²) in [6.07, 6.45) is 2.64. The van der Waals surface area contributed by atoms with Gasteiger partial charge in [0.15, 0.2) is 0 Å². The molecule has 0 spiro atoms. The molecular formula is C13H27N3O2. The van der Waals surface area contributed by atoms with Crippen LogP contribution in [-0.2, 0) is 9.53 Å². The first-order valence-corrected chi connectivity index (χ1v) is 6.70. The van der Waals surface area contributed by atoms with Crippen LogP contribution < -0.4 is 5.32 Å². The van der Waals surface area contributed by atoms with Crippen molar-refractivity contribution in [2.75, 3.05) is 53.9 Å². The van der Waals surface area contributed by atoms with Crippen molar-refractivity contribution in [2.45, 2.75) is 25.3 Å². The molecule has 106 valence electrons. The quantitative estimate of drug-likeness (QED) is 0.659. The Kier molecular flexibility index (Phi) is 6.05. The van der Waals surface area contributed by atoms with Gasteiger partial charge in [0.1, 0.15) is 5.54 Å². The molecule has 0 aliphatic carbocycles. The highest BCUT2D eigenvalue weighted by Crippen LogP contribution is 2.09. The van der Waals surface area contributed by atoms with Crippen LogP contribution in [0.1, 0.15) is 19.8 Å². The van der Waals surface area contributed by atoms with E-state index in [4.69, 9.17) is 4.74 Å². The third kappa shape index (κ3) is 4.23. The van der Waals surface area contributed by atoms with Crippen molar-refractivity contribution >= 4 is 5.97 Å². The molecule has 1 unspecified atom stereocenters. The van der Waals surface area contributed by atoms with E-state index in [1.165, 1.54) is 33.0 Å². The number of hydrogen-bond acceptors (Lipinski definition) is 5. The van der Waals surface area contributed by atoms with Crippen LogP contribution in [-0.4, -0.2) is 75.2 Å². The fraction of sp³-hybridized carbons (Fsp3) is 0.923. The van der Waals surface area contributed by atoms with Gasteiger partial charge in [-0.15, -0.1) is 0 Å². The van der Waals surface area contributed by atoms with Gasteiger partial charge in [0.05, 0.1) is 7.11 Å². The van der Waals surface area contributed by atoms with Gasteiger partial charge in [-0.25, -0.2) is 0 Å². The first kappa shape index (κ1) is 15.4. The smallest absolute Gasteiger partial charge is 0.327 e. The predicted molar refractivity (Wildman–Crippen MR) is 72.7 cm³/mol. The Hall–Kier alpha value is -0.650. The third-order valence-electron chi connectivity index (χ3n) is 3.77. The zero-order chi connectivity index (χ0) is 13.6. The molecule has 1 saturated heterocycles. The number of hydrogen-bond donors (Lipinski definition) is 1. The molecule has 0 radical (unpaired) electrons. The summed E-state index contributed by atoms with van der Waals surface area (Å²) in [4.78, 5) is 16.4. The topological polar surface area (TPSA) is 44.8 Å². The Bertz CT molecular complexity index is 267. The molecular weight excluding hydrogens is 230 g/mol. The van der Waals surface area contributed by atoms with Crippen molar-refractivity contribution in [2.24, 2.45) is 0 Å². The van der Waals surface area contributed by atoms with E-state index >= 15 is 0 Å². The Labute approximate surface area is 110 Å². The zero-order valence-corrected chi connectivity index (χ0v) is 12.2. The Morgan fingerprint density at radius 1 is 1.44 bits per heavy atom. The van der Waals surface area contributed by atoms with Crippen LogP contribution in [0.2, 0.25) is 0 Å². The van der Waals surface area contributed by atoms with Crippen LogP contribution in [0.25, 0.3) is 0 Å². The number of methoxy groups -OCH3 is 1. The van der Waals surface area contributed by atoms with Crippen molar-refractivity contribution in [1.29, 1.82) is 0 Å². The van der Waals surface area contributed by atoms with E-state index in [0.29, 0.717) is 6.54 Å². The van der Waals surface area contributed by atoms with E-state index in [0.717, 1.165) is 13.1 Å². The molecule has 0 aromatic heterocycles.